The van der Waals surface area contributed by atoms with Crippen LogP contribution in [0.15, 0.2) is 54.6 Å². The Balaban J connectivity index is 1.39. The van der Waals surface area contributed by atoms with Gasteiger partial charge in [0.1, 0.15) is 5.01 Å². The third-order valence-corrected chi connectivity index (χ3v) is 6.83. The molecule has 0 spiro atoms. The molecule has 4 nitrogen and oxygen atoms in total. The Morgan fingerprint density at radius 2 is 1.96 bits per heavy atom. The molecule has 1 aromatic heterocycles. The average molecular weight is 395 g/mol. The number of hydrogen-bond acceptors (Lipinski definition) is 3. The smallest absolute Gasteiger partial charge is 0.278 e. The van der Waals surface area contributed by atoms with Gasteiger partial charge in [0, 0.05) is 13.1 Å². The number of hydrogen-bond donors (Lipinski definition) is 1. The van der Waals surface area contributed by atoms with Crippen molar-refractivity contribution in [2.24, 2.45) is 0 Å². The summed E-state index contributed by atoms with van der Waals surface area (Å²) in [7, 11) is 0. The number of fused-ring (bicyclic) bond motifs is 1. The zero-order valence-electron chi connectivity index (χ0n) is 16.4. The summed E-state index contributed by atoms with van der Waals surface area (Å²) in [6.07, 6.45) is 2.34. The fourth-order valence-electron chi connectivity index (χ4n) is 4.09. The Morgan fingerprint density at radius 3 is 2.75 bits per heavy atom. The number of thiazole rings is 1. The van der Waals surface area contributed by atoms with Gasteiger partial charge >= 0.3 is 0 Å². The second kappa shape index (κ2) is 8.84. The number of aromatic nitrogens is 1. The summed E-state index contributed by atoms with van der Waals surface area (Å²) in [5.74, 6) is 0.726. The zero-order chi connectivity index (χ0) is 19.3. The Kier molecular flexibility index (Phi) is 6.03. The van der Waals surface area contributed by atoms with Crippen LogP contribution < -0.4 is 4.90 Å². The minimum absolute atomic E-state index is 0.256. The van der Waals surface area contributed by atoms with Crippen LogP contribution in [-0.2, 0) is 11.3 Å². The number of benzene rings is 2. The van der Waals surface area contributed by atoms with Crippen molar-refractivity contribution in [3.05, 3.63) is 65.2 Å². The van der Waals surface area contributed by atoms with Gasteiger partial charge in [0.2, 0.25) is 0 Å². The van der Waals surface area contributed by atoms with Crippen LogP contribution in [0.1, 0.15) is 36.3 Å². The number of rotatable bonds is 6. The summed E-state index contributed by atoms with van der Waals surface area (Å²) in [6, 6.07) is 18.6. The Hall–Kier alpha value is -2.24. The van der Waals surface area contributed by atoms with Crippen LogP contribution >= 0.6 is 11.3 Å². The molecule has 1 unspecified atom stereocenters. The molecular weight excluding hydrogens is 366 g/mol. The molecule has 0 bridgehead atoms. The average Bonchev–Trinajstić information content (AvgIpc) is 3.17. The van der Waals surface area contributed by atoms with Crippen LogP contribution in [0.4, 0.5) is 0 Å². The number of amides is 1. The van der Waals surface area contributed by atoms with Gasteiger partial charge in [-0.3, -0.25) is 4.79 Å². The number of para-hydroxylation sites is 1. The summed E-state index contributed by atoms with van der Waals surface area (Å²) in [6.45, 7) is 6.19. The van der Waals surface area contributed by atoms with Crippen molar-refractivity contribution >= 4 is 27.5 Å². The largest absolute Gasteiger partial charge is 0.334 e. The van der Waals surface area contributed by atoms with Gasteiger partial charge in [-0.2, -0.15) is 0 Å². The number of likely N-dealkylation sites (tertiary alicyclic amines) is 1. The Bertz CT molecular complexity index is 891. The van der Waals surface area contributed by atoms with E-state index in [1.54, 1.807) is 0 Å². The van der Waals surface area contributed by atoms with E-state index in [2.05, 4.69) is 43.3 Å². The van der Waals surface area contributed by atoms with Crippen LogP contribution in [0, 0.1) is 0 Å². The van der Waals surface area contributed by atoms with Gasteiger partial charge in [-0.05, 0) is 37.5 Å². The first-order valence-electron chi connectivity index (χ1n) is 10.2. The number of nitrogens with zero attached hydrogens (tertiary/aromatic N) is 2. The van der Waals surface area contributed by atoms with Gasteiger partial charge in [-0.15, -0.1) is 11.3 Å². The lowest BCUT2D eigenvalue weighted by Gasteiger charge is -2.30. The standard InChI is InChI=1S/C23H27N3OS/c1-2-26(15-18-9-4-3-5-10-18)22(27)17-25-14-8-11-19(16-25)23-24-20-12-6-7-13-21(20)28-23/h3-7,9-10,12-13,19H,2,8,11,14-17H2,1H3/p+1/t19-/m0/s1. The van der Waals surface area contributed by atoms with Crippen molar-refractivity contribution in [3.63, 3.8) is 0 Å². The van der Waals surface area contributed by atoms with E-state index in [4.69, 9.17) is 4.98 Å². The molecule has 2 atom stereocenters. The summed E-state index contributed by atoms with van der Waals surface area (Å²) in [4.78, 5) is 21.2. The molecule has 1 N–H and O–H groups in total. The molecule has 2 aromatic carbocycles. The van der Waals surface area contributed by atoms with Gasteiger partial charge in [0.15, 0.2) is 6.54 Å². The lowest BCUT2D eigenvalue weighted by Crippen LogP contribution is -3.14. The SMILES string of the molecule is CCN(Cc1ccccc1)C(=O)C[NH+]1CCC[C@H](c2nc3ccccc3s2)C1. The number of nitrogens with one attached hydrogen (secondary N) is 1. The molecule has 1 fully saturated rings. The summed E-state index contributed by atoms with van der Waals surface area (Å²) in [5, 5.41) is 1.24. The fourth-order valence-corrected chi connectivity index (χ4v) is 5.19. The van der Waals surface area contributed by atoms with E-state index in [1.165, 1.54) is 26.6 Å². The van der Waals surface area contributed by atoms with Crippen LogP contribution in [-0.4, -0.2) is 42.0 Å². The molecule has 1 amide bonds. The van der Waals surface area contributed by atoms with Gasteiger partial charge < -0.3 is 9.80 Å². The Morgan fingerprint density at radius 1 is 1.18 bits per heavy atom. The molecule has 4 rings (SSSR count). The Labute approximate surface area is 170 Å². The number of carbonyl (C=O) groups is 1. The molecule has 5 heteroatoms. The molecule has 1 aliphatic rings. The van der Waals surface area contributed by atoms with Crippen molar-refractivity contribution in [2.45, 2.75) is 32.2 Å². The highest BCUT2D eigenvalue weighted by Crippen LogP contribution is 2.30. The van der Waals surface area contributed by atoms with Crippen molar-refractivity contribution in [3.8, 4) is 0 Å². The predicted octanol–water partition coefficient (Wildman–Crippen LogP) is 3.11. The number of carbonyl (C=O) groups excluding carboxylic acids is 1. The highest BCUT2D eigenvalue weighted by Gasteiger charge is 2.29. The number of piperidine rings is 1. The maximum Gasteiger partial charge on any atom is 0.278 e. The lowest BCUT2D eigenvalue weighted by atomic mass is 9.98. The van der Waals surface area contributed by atoms with Gasteiger partial charge in [0.25, 0.3) is 5.91 Å². The monoisotopic (exact) mass is 394 g/mol. The predicted molar refractivity (Wildman–Crippen MR) is 115 cm³/mol. The van der Waals surface area contributed by atoms with Crippen molar-refractivity contribution in [1.29, 1.82) is 0 Å². The first-order valence-corrected chi connectivity index (χ1v) is 11.1. The molecule has 3 aromatic rings. The third-order valence-electron chi connectivity index (χ3n) is 5.63. The van der Waals surface area contributed by atoms with Crippen molar-refractivity contribution in [2.75, 3.05) is 26.2 Å². The minimum atomic E-state index is 0.256. The maximum atomic E-state index is 12.9. The van der Waals surface area contributed by atoms with Gasteiger partial charge in [-0.1, -0.05) is 42.5 Å². The summed E-state index contributed by atoms with van der Waals surface area (Å²) < 4.78 is 1.26. The molecular formula is C23H28N3OS+. The molecule has 1 aliphatic heterocycles. The highest BCUT2D eigenvalue weighted by molar-refractivity contribution is 7.18. The van der Waals surface area contributed by atoms with Gasteiger partial charge in [-0.25, -0.2) is 4.98 Å². The summed E-state index contributed by atoms with van der Waals surface area (Å²) >= 11 is 1.82. The van der Waals surface area contributed by atoms with Crippen LogP contribution in [0.25, 0.3) is 10.2 Å². The topological polar surface area (TPSA) is 37.6 Å². The first kappa shape index (κ1) is 19.1. The number of likely N-dealkylation sites (N-methyl/N-ethyl adjacent to an activating group) is 1. The van der Waals surface area contributed by atoms with Crippen LogP contribution in [0.5, 0.6) is 0 Å². The van der Waals surface area contributed by atoms with Crippen molar-refractivity contribution < 1.29 is 9.69 Å². The van der Waals surface area contributed by atoms with E-state index in [9.17, 15) is 4.79 Å². The minimum Gasteiger partial charge on any atom is -0.334 e. The summed E-state index contributed by atoms with van der Waals surface area (Å²) in [5.41, 5.74) is 2.30. The van der Waals surface area contributed by atoms with Gasteiger partial charge in [0.05, 0.1) is 29.2 Å². The van der Waals surface area contributed by atoms with E-state index in [-0.39, 0.29) is 5.91 Å². The molecule has 0 aliphatic carbocycles. The zero-order valence-corrected chi connectivity index (χ0v) is 17.3. The first-order chi connectivity index (χ1) is 13.7. The lowest BCUT2D eigenvalue weighted by molar-refractivity contribution is -0.898. The number of quaternary nitrogens is 1. The van der Waals surface area contributed by atoms with Crippen molar-refractivity contribution in [1.82, 2.24) is 9.88 Å². The van der Waals surface area contributed by atoms with E-state index >= 15 is 0 Å². The normalized spacial score (nSPS) is 19.6. The van der Waals surface area contributed by atoms with Crippen LogP contribution in [0.2, 0.25) is 0 Å². The maximum absolute atomic E-state index is 12.9. The van der Waals surface area contributed by atoms with E-state index in [0.717, 1.165) is 31.6 Å². The van der Waals surface area contributed by atoms with E-state index < -0.39 is 0 Å². The second-order valence-corrected chi connectivity index (χ2v) is 8.70. The third kappa shape index (κ3) is 4.42. The molecule has 146 valence electrons. The molecule has 28 heavy (non-hydrogen) atoms. The van der Waals surface area contributed by atoms with E-state index in [1.807, 2.05) is 34.4 Å². The molecule has 0 radical (unpaired) electrons. The highest BCUT2D eigenvalue weighted by atomic mass is 32.1. The quantitative estimate of drug-likeness (QED) is 0.698. The van der Waals surface area contributed by atoms with E-state index in [0.29, 0.717) is 19.0 Å². The second-order valence-electron chi connectivity index (χ2n) is 7.63. The van der Waals surface area contributed by atoms with Crippen LogP contribution in [0.3, 0.4) is 0 Å². The molecule has 0 saturated carbocycles. The molecule has 1 saturated heterocycles. The molecule has 2 heterocycles. The fraction of sp³-hybridized carbons (Fsp3) is 0.391.